The first-order valence-electron chi connectivity index (χ1n) is 7.53. The van der Waals surface area contributed by atoms with Gasteiger partial charge in [-0.1, -0.05) is 20.8 Å². The van der Waals surface area contributed by atoms with E-state index in [4.69, 9.17) is 10.5 Å². The number of hydrogen-bond acceptors (Lipinski definition) is 5. The zero-order chi connectivity index (χ0) is 14.5. The van der Waals surface area contributed by atoms with Crippen LogP contribution in [0.25, 0.3) is 0 Å². The fourth-order valence-electron chi connectivity index (χ4n) is 4.46. The molecule has 0 saturated heterocycles. The molecule has 1 aromatic heterocycles. The minimum atomic E-state index is 0.315. The van der Waals surface area contributed by atoms with E-state index in [1.807, 2.05) is 6.92 Å². The predicted molar refractivity (Wildman–Crippen MR) is 84.3 cm³/mol. The van der Waals surface area contributed by atoms with Crippen LogP contribution in [-0.2, 0) is 0 Å². The van der Waals surface area contributed by atoms with Gasteiger partial charge >= 0.3 is 0 Å². The summed E-state index contributed by atoms with van der Waals surface area (Å²) in [6, 6.07) is 0.466. The van der Waals surface area contributed by atoms with Gasteiger partial charge in [0, 0.05) is 6.04 Å². The van der Waals surface area contributed by atoms with Crippen molar-refractivity contribution in [3.63, 3.8) is 0 Å². The van der Waals surface area contributed by atoms with Crippen LogP contribution in [0.1, 0.15) is 47.0 Å². The van der Waals surface area contributed by atoms with E-state index in [0.717, 1.165) is 16.7 Å². The second kappa shape index (κ2) is 4.52. The summed E-state index contributed by atoms with van der Waals surface area (Å²) in [6.45, 7) is 9.80. The molecule has 0 amide bonds. The summed E-state index contributed by atoms with van der Waals surface area (Å²) < 4.78 is 9.90. The molecule has 2 aliphatic carbocycles. The number of rotatable bonds is 4. The Hall–Kier alpha value is -0.970. The molecule has 0 aliphatic heterocycles. The highest BCUT2D eigenvalue weighted by Crippen LogP contribution is 2.63. The van der Waals surface area contributed by atoms with Crippen molar-refractivity contribution in [3.8, 4) is 5.75 Å². The summed E-state index contributed by atoms with van der Waals surface area (Å²) >= 11 is 1.42. The molecule has 2 fully saturated rings. The van der Waals surface area contributed by atoms with Crippen LogP contribution in [0.2, 0.25) is 0 Å². The van der Waals surface area contributed by atoms with Gasteiger partial charge in [-0.05, 0) is 54.5 Å². The average molecular weight is 295 g/mol. The van der Waals surface area contributed by atoms with Crippen molar-refractivity contribution in [1.29, 1.82) is 0 Å². The Labute approximate surface area is 125 Å². The standard InChI is InChI=1S/C15H25N3OS/c1-5-19-10-11(16)18-20-12(10)17-13-14(2,3)9-6-7-15(13,4)8-9/h9,13,17H,5-8H2,1-4H3,(H2,16,18). The topological polar surface area (TPSA) is 60.2 Å². The third-order valence-corrected chi connectivity index (χ3v) is 6.28. The van der Waals surface area contributed by atoms with E-state index < -0.39 is 0 Å². The van der Waals surface area contributed by atoms with Crippen LogP contribution in [0.4, 0.5) is 10.8 Å². The molecule has 3 rings (SSSR count). The van der Waals surface area contributed by atoms with Crippen molar-refractivity contribution in [2.24, 2.45) is 16.7 Å². The van der Waals surface area contributed by atoms with Crippen LogP contribution in [0.3, 0.4) is 0 Å². The Balaban J connectivity index is 1.88. The number of aromatic nitrogens is 1. The van der Waals surface area contributed by atoms with Crippen molar-refractivity contribution < 1.29 is 4.74 Å². The maximum absolute atomic E-state index is 5.91. The molecular formula is C15H25N3OS. The van der Waals surface area contributed by atoms with Crippen molar-refractivity contribution in [2.45, 2.75) is 53.0 Å². The lowest BCUT2D eigenvalue weighted by Crippen LogP contribution is -2.45. The number of ether oxygens (including phenoxy) is 1. The van der Waals surface area contributed by atoms with Crippen molar-refractivity contribution in [2.75, 3.05) is 17.7 Å². The number of nitrogens with one attached hydrogen (secondary N) is 1. The molecule has 4 nitrogen and oxygen atoms in total. The van der Waals surface area contributed by atoms with Crippen molar-refractivity contribution in [1.82, 2.24) is 4.37 Å². The lowest BCUT2D eigenvalue weighted by Gasteiger charge is -2.43. The maximum Gasteiger partial charge on any atom is 0.197 e. The number of hydrogen-bond donors (Lipinski definition) is 2. The van der Waals surface area contributed by atoms with E-state index in [-0.39, 0.29) is 0 Å². The SMILES string of the molecule is CCOc1c(N)nsc1NC1C2(C)CCC(C2)C1(C)C. The molecule has 1 aromatic rings. The van der Waals surface area contributed by atoms with Crippen molar-refractivity contribution >= 4 is 22.4 Å². The number of fused-ring (bicyclic) bond motifs is 2. The minimum Gasteiger partial charge on any atom is -0.487 e. The lowest BCUT2D eigenvalue weighted by atomic mass is 9.68. The van der Waals surface area contributed by atoms with E-state index >= 15 is 0 Å². The average Bonchev–Trinajstić information content (AvgIpc) is 2.98. The molecule has 1 heterocycles. The van der Waals surface area contributed by atoms with E-state index in [1.165, 1.54) is 30.8 Å². The summed E-state index contributed by atoms with van der Waals surface area (Å²) in [5.41, 5.74) is 6.61. The van der Waals surface area contributed by atoms with Gasteiger partial charge < -0.3 is 15.8 Å². The monoisotopic (exact) mass is 295 g/mol. The summed E-state index contributed by atoms with van der Waals surface area (Å²) in [5, 5.41) is 4.72. The molecule has 5 heteroatoms. The lowest BCUT2D eigenvalue weighted by molar-refractivity contribution is 0.155. The second-order valence-electron chi connectivity index (χ2n) is 7.15. The smallest absolute Gasteiger partial charge is 0.197 e. The van der Waals surface area contributed by atoms with Gasteiger partial charge in [-0.3, -0.25) is 0 Å². The van der Waals surface area contributed by atoms with Crippen LogP contribution in [0.15, 0.2) is 0 Å². The molecule has 3 N–H and O–H groups in total. The Morgan fingerprint density at radius 1 is 1.45 bits per heavy atom. The number of nitrogens with zero attached hydrogens (tertiary/aromatic N) is 1. The Morgan fingerprint density at radius 2 is 2.20 bits per heavy atom. The first-order chi connectivity index (χ1) is 9.38. The Kier molecular flexibility index (Phi) is 3.16. The zero-order valence-corrected chi connectivity index (χ0v) is 13.6. The molecule has 2 saturated carbocycles. The van der Waals surface area contributed by atoms with Crippen LogP contribution in [0.5, 0.6) is 5.75 Å². The van der Waals surface area contributed by atoms with Gasteiger partial charge in [0.05, 0.1) is 6.61 Å². The molecular weight excluding hydrogens is 270 g/mol. The van der Waals surface area contributed by atoms with Crippen molar-refractivity contribution in [3.05, 3.63) is 0 Å². The van der Waals surface area contributed by atoms with Gasteiger partial charge in [0.2, 0.25) is 0 Å². The second-order valence-corrected chi connectivity index (χ2v) is 7.92. The Morgan fingerprint density at radius 3 is 2.80 bits per heavy atom. The molecule has 0 aromatic carbocycles. The van der Waals surface area contributed by atoms with Gasteiger partial charge in [0.15, 0.2) is 16.6 Å². The first-order valence-corrected chi connectivity index (χ1v) is 8.30. The van der Waals surface area contributed by atoms with E-state index in [0.29, 0.717) is 29.3 Å². The van der Waals surface area contributed by atoms with Gasteiger partial charge in [-0.2, -0.15) is 4.37 Å². The maximum atomic E-state index is 5.91. The summed E-state index contributed by atoms with van der Waals surface area (Å²) in [6.07, 6.45) is 4.01. The molecule has 3 unspecified atom stereocenters. The van der Waals surface area contributed by atoms with Crippen LogP contribution >= 0.6 is 11.5 Å². The third kappa shape index (κ3) is 1.90. The summed E-state index contributed by atoms with van der Waals surface area (Å²) in [4.78, 5) is 0. The Bertz CT molecular complexity index is 508. The van der Waals surface area contributed by atoms with Gasteiger partial charge in [-0.15, -0.1) is 0 Å². The largest absolute Gasteiger partial charge is 0.487 e. The summed E-state index contributed by atoms with van der Waals surface area (Å²) in [7, 11) is 0. The first kappa shape index (κ1) is 14.0. The number of anilines is 2. The number of nitrogens with two attached hydrogens (primary N) is 1. The summed E-state index contributed by atoms with van der Waals surface area (Å²) in [5.74, 6) is 2.07. The fraction of sp³-hybridized carbons (Fsp3) is 0.800. The molecule has 0 radical (unpaired) electrons. The third-order valence-electron chi connectivity index (χ3n) is 5.51. The van der Waals surface area contributed by atoms with Crippen LogP contribution in [-0.4, -0.2) is 17.0 Å². The van der Waals surface area contributed by atoms with Crippen LogP contribution < -0.4 is 15.8 Å². The molecule has 0 spiro atoms. The highest BCUT2D eigenvalue weighted by molar-refractivity contribution is 7.11. The van der Waals surface area contributed by atoms with E-state index in [2.05, 4.69) is 30.5 Å². The van der Waals surface area contributed by atoms with Gasteiger partial charge in [0.25, 0.3) is 0 Å². The molecule has 112 valence electrons. The predicted octanol–water partition coefficient (Wildman–Crippen LogP) is 3.75. The zero-order valence-electron chi connectivity index (χ0n) is 12.8. The highest BCUT2D eigenvalue weighted by Gasteiger charge is 2.59. The van der Waals surface area contributed by atoms with Crippen LogP contribution in [0, 0.1) is 16.7 Å². The molecule has 2 aliphatic rings. The van der Waals surface area contributed by atoms with E-state index in [1.54, 1.807) is 0 Å². The number of nitrogen functional groups attached to an aromatic ring is 1. The highest BCUT2D eigenvalue weighted by atomic mass is 32.1. The minimum absolute atomic E-state index is 0.315. The molecule has 3 atom stereocenters. The quantitative estimate of drug-likeness (QED) is 0.888. The van der Waals surface area contributed by atoms with Gasteiger partial charge in [-0.25, -0.2) is 0 Å². The molecule has 2 bridgehead atoms. The van der Waals surface area contributed by atoms with E-state index in [9.17, 15) is 0 Å². The normalized spacial score (nSPS) is 34.4. The van der Waals surface area contributed by atoms with Gasteiger partial charge in [0.1, 0.15) is 0 Å². The molecule has 20 heavy (non-hydrogen) atoms. The fourth-order valence-corrected chi connectivity index (χ4v) is 5.15.